The third-order valence-corrected chi connectivity index (χ3v) is 4.18. The van der Waals surface area contributed by atoms with Crippen LogP contribution in [0.25, 0.3) is 10.9 Å². The van der Waals surface area contributed by atoms with Crippen molar-refractivity contribution in [3.63, 3.8) is 0 Å². The normalized spacial score (nSPS) is 14.6. The molecular formula is C16H18BrN3. The molecule has 0 bridgehead atoms. The maximum Gasteiger partial charge on any atom is 0.0954 e. The first-order valence-corrected chi connectivity index (χ1v) is 7.79. The molecule has 0 unspecified atom stereocenters. The molecule has 3 rings (SSSR count). The number of anilines is 2. The van der Waals surface area contributed by atoms with Gasteiger partial charge in [0, 0.05) is 28.3 Å². The van der Waals surface area contributed by atoms with Crippen LogP contribution < -0.4 is 11.1 Å². The molecule has 1 heterocycles. The monoisotopic (exact) mass is 331 g/mol. The van der Waals surface area contributed by atoms with Crippen molar-refractivity contribution in [2.45, 2.75) is 25.7 Å². The van der Waals surface area contributed by atoms with E-state index < -0.39 is 0 Å². The van der Waals surface area contributed by atoms with Gasteiger partial charge in [0.25, 0.3) is 0 Å². The molecule has 2 aromatic rings. The van der Waals surface area contributed by atoms with Crippen molar-refractivity contribution in [3.05, 3.63) is 40.5 Å². The van der Waals surface area contributed by atoms with Crippen LogP contribution in [0.3, 0.4) is 0 Å². The van der Waals surface area contributed by atoms with Crippen LogP contribution in [-0.4, -0.2) is 11.5 Å². The highest BCUT2D eigenvalue weighted by molar-refractivity contribution is 9.10. The number of aromatic nitrogens is 1. The van der Waals surface area contributed by atoms with Crippen LogP contribution in [0.1, 0.15) is 25.7 Å². The van der Waals surface area contributed by atoms with Gasteiger partial charge in [-0.15, -0.1) is 0 Å². The number of benzene rings is 1. The number of rotatable bonds is 4. The molecule has 104 valence electrons. The second-order valence-electron chi connectivity index (χ2n) is 5.18. The quantitative estimate of drug-likeness (QED) is 0.641. The second-order valence-corrected chi connectivity index (χ2v) is 6.10. The lowest BCUT2D eigenvalue weighted by Crippen LogP contribution is -2.04. The molecule has 3 N–H and O–H groups in total. The summed E-state index contributed by atoms with van der Waals surface area (Å²) in [4.78, 5) is 4.49. The van der Waals surface area contributed by atoms with Gasteiger partial charge in [-0.25, -0.2) is 0 Å². The number of hydrogen-bond acceptors (Lipinski definition) is 3. The SMILES string of the molecule is Nc1ccc(NCCC2=CCCC2)c2ncc(Br)cc12. The number of pyridine rings is 1. The highest BCUT2D eigenvalue weighted by atomic mass is 79.9. The third kappa shape index (κ3) is 2.80. The Balaban J connectivity index is 1.79. The molecule has 0 radical (unpaired) electrons. The summed E-state index contributed by atoms with van der Waals surface area (Å²) < 4.78 is 0.949. The number of allylic oxidation sites excluding steroid dienone is 1. The van der Waals surface area contributed by atoms with Crippen molar-refractivity contribution >= 4 is 38.2 Å². The molecule has 0 saturated heterocycles. The average Bonchev–Trinajstić information content (AvgIpc) is 2.95. The smallest absolute Gasteiger partial charge is 0.0954 e. The summed E-state index contributed by atoms with van der Waals surface area (Å²) in [5.41, 5.74) is 10.4. The molecule has 1 aromatic carbocycles. The lowest BCUT2D eigenvalue weighted by atomic mass is 10.1. The van der Waals surface area contributed by atoms with Gasteiger partial charge in [0.05, 0.1) is 11.2 Å². The average molecular weight is 332 g/mol. The first-order valence-electron chi connectivity index (χ1n) is 6.99. The minimum atomic E-state index is 0.762. The highest BCUT2D eigenvalue weighted by Gasteiger charge is 2.07. The van der Waals surface area contributed by atoms with Crippen LogP contribution in [0.2, 0.25) is 0 Å². The van der Waals surface area contributed by atoms with E-state index in [1.54, 1.807) is 5.57 Å². The molecule has 1 aliphatic carbocycles. The summed E-state index contributed by atoms with van der Waals surface area (Å²) in [6.45, 7) is 0.947. The van der Waals surface area contributed by atoms with Gasteiger partial charge in [0.1, 0.15) is 0 Å². The van der Waals surface area contributed by atoms with Crippen LogP contribution in [0.5, 0.6) is 0 Å². The molecule has 3 nitrogen and oxygen atoms in total. The van der Waals surface area contributed by atoms with Crippen LogP contribution in [0.4, 0.5) is 11.4 Å². The maximum absolute atomic E-state index is 6.02. The molecule has 0 fully saturated rings. The van der Waals surface area contributed by atoms with Gasteiger partial charge in [-0.2, -0.15) is 0 Å². The van der Waals surface area contributed by atoms with E-state index in [4.69, 9.17) is 5.73 Å². The number of fused-ring (bicyclic) bond motifs is 1. The molecule has 1 aliphatic rings. The molecule has 4 heteroatoms. The van der Waals surface area contributed by atoms with E-state index in [0.717, 1.165) is 39.7 Å². The van der Waals surface area contributed by atoms with Gasteiger partial charge < -0.3 is 11.1 Å². The molecule has 0 spiro atoms. The first-order chi connectivity index (χ1) is 9.74. The Kier molecular flexibility index (Phi) is 3.92. The van der Waals surface area contributed by atoms with Crippen molar-refractivity contribution in [2.75, 3.05) is 17.6 Å². The standard InChI is InChI=1S/C16H18BrN3/c17-12-9-13-14(18)5-6-15(16(13)20-10-12)19-8-7-11-3-1-2-4-11/h3,5-6,9-10,19H,1-2,4,7-8,18H2. The van der Waals surface area contributed by atoms with Crippen LogP contribution in [0, 0.1) is 0 Å². The van der Waals surface area contributed by atoms with Gasteiger partial charge in [0.15, 0.2) is 0 Å². The largest absolute Gasteiger partial charge is 0.398 e. The van der Waals surface area contributed by atoms with E-state index in [-0.39, 0.29) is 0 Å². The zero-order valence-corrected chi connectivity index (χ0v) is 12.9. The van der Waals surface area contributed by atoms with Crippen molar-refractivity contribution in [1.29, 1.82) is 0 Å². The summed E-state index contributed by atoms with van der Waals surface area (Å²) >= 11 is 3.44. The molecule has 0 amide bonds. The molecule has 0 saturated carbocycles. The number of halogens is 1. The van der Waals surface area contributed by atoms with Crippen molar-refractivity contribution in [1.82, 2.24) is 4.98 Å². The Bertz CT molecular complexity index is 664. The van der Waals surface area contributed by atoms with Gasteiger partial charge in [-0.3, -0.25) is 4.98 Å². The lowest BCUT2D eigenvalue weighted by Gasteiger charge is -2.11. The minimum Gasteiger partial charge on any atom is -0.398 e. The van der Waals surface area contributed by atoms with Gasteiger partial charge in [0.2, 0.25) is 0 Å². The number of nitrogens with zero attached hydrogens (tertiary/aromatic N) is 1. The molecule has 0 atom stereocenters. The Hall–Kier alpha value is -1.55. The molecule has 1 aromatic heterocycles. The Labute approximate surface area is 127 Å². The fraction of sp³-hybridized carbons (Fsp3) is 0.312. The van der Waals surface area contributed by atoms with Crippen molar-refractivity contribution in [3.8, 4) is 0 Å². The van der Waals surface area contributed by atoms with Crippen LogP contribution in [0.15, 0.2) is 40.5 Å². The van der Waals surface area contributed by atoms with E-state index in [9.17, 15) is 0 Å². The zero-order chi connectivity index (χ0) is 13.9. The molecule has 20 heavy (non-hydrogen) atoms. The summed E-state index contributed by atoms with van der Waals surface area (Å²) in [7, 11) is 0. The first kappa shape index (κ1) is 13.4. The highest BCUT2D eigenvalue weighted by Crippen LogP contribution is 2.29. The van der Waals surface area contributed by atoms with Crippen LogP contribution >= 0.6 is 15.9 Å². The summed E-state index contributed by atoms with van der Waals surface area (Å²) in [6.07, 6.45) is 9.12. The van der Waals surface area contributed by atoms with Crippen LogP contribution in [-0.2, 0) is 0 Å². The van der Waals surface area contributed by atoms with E-state index >= 15 is 0 Å². The van der Waals surface area contributed by atoms with Crippen molar-refractivity contribution < 1.29 is 0 Å². The fourth-order valence-corrected chi connectivity index (χ4v) is 3.01. The van der Waals surface area contributed by atoms with E-state index in [1.165, 1.54) is 19.3 Å². The summed E-state index contributed by atoms with van der Waals surface area (Å²) in [6, 6.07) is 5.97. The Morgan fingerprint density at radius 3 is 3.05 bits per heavy atom. The second kappa shape index (κ2) is 5.83. The molecule has 0 aliphatic heterocycles. The van der Waals surface area contributed by atoms with Crippen molar-refractivity contribution in [2.24, 2.45) is 0 Å². The Morgan fingerprint density at radius 2 is 2.25 bits per heavy atom. The summed E-state index contributed by atoms with van der Waals surface area (Å²) in [5, 5.41) is 4.48. The van der Waals surface area contributed by atoms with Gasteiger partial charge in [-0.05, 0) is 59.8 Å². The van der Waals surface area contributed by atoms with Gasteiger partial charge >= 0.3 is 0 Å². The molecular weight excluding hydrogens is 314 g/mol. The number of hydrogen-bond donors (Lipinski definition) is 2. The predicted molar refractivity (Wildman–Crippen MR) is 88.9 cm³/mol. The minimum absolute atomic E-state index is 0.762. The zero-order valence-electron chi connectivity index (χ0n) is 11.3. The Morgan fingerprint density at radius 1 is 1.35 bits per heavy atom. The van der Waals surface area contributed by atoms with E-state index in [2.05, 4.69) is 32.3 Å². The number of nitrogen functional groups attached to an aromatic ring is 1. The van der Waals surface area contributed by atoms with E-state index in [0.29, 0.717) is 0 Å². The maximum atomic E-state index is 6.02. The lowest BCUT2D eigenvalue weighted by molar-refractivity contribution is 0.863. The number of nitrogens with two attached hydrogens (primary N) is 1. The topological polar surface area (TPSA) is 50.9 Å². The predicted octanol–water partition coefficient (Wildman–Crippen LogP) is 4.49. The fourth-order valence-electron chi connectivity index (χ4n) is 2.68. The number of nitrogens with one attached hydrogen (secondary N) is 1. The third-order valence-electron chi connectivity index (χ3n) is 3.75. The van der Waals surface area contributed by atoms with Gasteiger partial charge in [-0.1, -0.05) is 11.6 Å². The van der Waals surface area contributed by atoms with E-state index in [1.807, 2.05) is 24.4 Å². The summed E-state index contributed by atoms with van der Waals surface area (Å²) in [5.74, 6) is 0.